The van der Waals surface area contributed by atoms with Gasteiger partial charge in [0.05, 0.1) is 11.1 Å². The summed E-state index contributed by atoms with van der Waals surface area (Å²) in [5.41, 5.74) is 2.08. The second-order valence-electron chi connectivity index (χ2n) is 6.88. The maximum atomic E-state index is 13.1. The fourth-order valence-electron chi connectivity index (χ4n) is 3.72. The van der Waals surface area contributed by atoms with Gasteiger partial charge in [-0.3, -0.25) is 4.79 Å². The SMILES string of the molecule is O=C(OCc1csc(-c2ccc(F)cc2)n1)C1(c2ccccc2)CCCC1. The molecule has 1 aliphatic rings. The van der Waals surface area contributed by atoms with Crippen molar-refractivity contribution in [3.05, 3.63) is 77.1 Å². The summed E-state index contributed by atoms with van der Waals surface area (Å²) in [6.45, 7) is 0.158. The molecule has 0 aliphatic heterocycles. The zero-order valence-corrected chi connectivity index (χ0v) is 15.7. The summed E-state index contributed by atoms with van der Waals surface area (Å²) in [6.07, 6.45) is 3.73. The van der Waals surface area contributed by atoms with Crippen molar-refractivity contribution in [3.8, 4) is 10.6 Å². The quantitative estimate of drug-likeness (QED) is 0.548. The number of carbonyl (C=O) groups excluding carboxylic acids is 1. The van der Waals surface area contributed by atoms with Gasteiger partial charge >= 0.3 is 5.97 Å². The molecule has 0 unspecified atom stereocenters. The summed E-state index contributed by atoms with van der Waals surface area (Å²) >= 11 is 1.46. The van der Waals surface area contributed by atoms with Crippen molar-refractivity contribution < 1.29 is 13.9 Å². The van der Waals surface area contributed by atoms with Crippen LogP contribution in [0.2, 0.25) is 0 Å². The zero-order valence-electron chi connectivity index (χ0n) is 14.9. The molecule has 138 valence electrons. The third-order valence-electron chi connectivity index (χ3n) is 5.17. The molecule has 0 N–H and O–H groups in total. The van der Waals surface area contributed by atoms with Gasteiger partial charge in [-0.2, -0.15) is 0 Å². The van der Waals surface area contributed by atoms with Crippen LogP contribution in [-0.2, 0) is 21.6 Å². The highest BCUT2D eigenvalue weighted by molar-refractivity contribution is 7.13. The van der Waals surface area contributed by atoms with Gasteiger partial charge < -0.3 is 4.74 Å². The largest absolute Gasteiger partial charge is 0.458 e. The molecule has 0 amide bonds. The zero-order chi connectivity index (χ0) is 18.7. The van der Waals surface area contributed by atoms with Gasteiger partial charge in [0, 0.05) is 10.9 Å². The van der Waals surface area contributed by atoms with E-state index in [2.05, 4.69) is 4.98 Å². The van der Waals surface area contributed by atoms with Gasteiger partial charge in [-0.25, -0.2) is 9.37 Å². The fraction of sp³-hybridized carbons (Fsp3) is 0.273. The van der Waals surface area contributed by atoms with Gasteiger partial charge in [-0.15, -0.1) is 11.3 Å². The molecule has 1 aromatic heterocycles. The smallest absolute Gasteiger partial charge is 0.316 e. The Labute approximate surface area is 161 Å². The first-order valence-corrected chi connectivity index (χ1v) is 9.98. The number of thiazole rings is 1. The molecule has 27 heavy (non-hydrogen) atoms. The Morgan fingerprint density at radius 1 is 1.07 bits per heavy atom. The van der Waals surface area contributed by atoms with Crippen molar-refractivity contribution in [1.29, 1.82) is 0 Å². The lowest BCUT2D eigenvalue weighted by Crippen LogP contribution is -2.34. The number of aromatic nitrogens is 1. The Bertz CT molecular complexity index is 915. The molecular weight excluding hydrogens is 361 g/mol. The van der Waals surface area contributed by atoms with Crippen LogP contribution in [0.4, 0.5) is 4.39 Å². The molecule has 0 spiro atoms. The molecule has 1 aliphatic carbocycles. The number of hydrogen-bond donors (Lipinski definition) is 0. The van der Waals surface area contributed by atoms with Crippen LogP contribution in [0.25, 0.3) is 10.6 Å². The lowest BCUT2D eigenvalue weighted by Gasteiger charge is -2.27. The predicted molar refractivity (Wildman–Crippen MR) is 104 cm³/mol. The third-order valence-corrected chi connectivity index (χ3v) is 6.11. The van der Waals surface area contributed by atoms with E-state index >= 15 is 0 Å². The van der Waals surface area contributed by atoms with E-state index in [0.717, 1.165) is 41.8 Å². The van der Waals surface area contributed by atoms with Crippen LogP contribution in [0, 0.1) is 5.82 Å². The lowest BCUT2D eigenvalue weighted by atomic mass is 9.79. The first kappa shape index (κ1) is 17.9. The number of carbonyl (C=O) groups is 1. The number of hydrogen-bond acceptors (Lipinski definition) is 4. The Hall–Kier alpha value is -2.53. The van der Waals surface area contributed by atoms with E-state index < -0.39 is 5.41 Å². The number of ether oxygens (including phenoxy) is 1. The topological polar surface area (TPSA) is 39.2 Å². The van der Waals surface area contributed by atoms with Crippen LogP contribution in [-0.4, -0.2) is 11.0 Å². The highest BCUT2D eigenvalue weighted by Crippen LogP contribution is 2.42. The second kappa shape index (κ2) is 7.61. The molecule has 3 aromatic rings. The first-order chi connectivity index (χ1) is 13.2. The summed E-state index contributed by atoms with van der Waals surface area (Å²) < 4.78 is 18.7. The highest BCUT2D eigenvalue weighted by Gasteiger charge is 2.44. The molecule has 2 aromatic carbocycles. The summed E-state index contributed by atoms with van der Waals surface area (Å²) in [5, 5.41) is 2.68. The monoisotopic (exact) mass is 381 g/mol. The van der Waals surface area contributed by atoms with Gasteiger partial charge in [-0.05, 0) is 42.7 Å². The summed E-state index contributed by atoms with van der Waals surface area (Å²) in [7, 11) is 0. The van der Waals surface area contributed by atoms with Crippen LogP contribution < -0.4 is 0 Å². The molecule has 0 bridgehead atoms. The van der Waals surface area contributed by atoms with Crippen LogP contribution in [0.15, 0.2) is 60.0 Å². The van der Waals surface area contributed by atoms with E-state index in [-0.39, 0.29) is 18.4 Å². The predicted octanol–water partition coefficient (Wildman–Crippen LogP) is 5.50. The number of rotatable bonds is 5. The Morgan fingerprint density at radius 2 is 1.78 bits per heavy atom. The van der Waals surface area contributed by atoms with E-state index in [1.165, 1.54) is 23.5 Å². The molecule has 5 heteroatoms. The molecule has 4 rings (SSSR count). The minimum absolute atomic E-state index is 0.158. The van der Waals surface area contributed by atoms with Gasteiger partial charge in [0.25, 0.3) is 0 Å². The normalized spacial score (nSPS) is 15.6. The molecule has 1 saturated carbocycles. The average Bonchev–Trinajstić information content (AvgIpc) is 3.38. The van der Waals surface area contributed by atoms with Crippen LogP contribution in [0.5, 0.6) is 0 Å². The molecule has 1 heterocycles. The van der Waals surface area contributed by atoms with Crippen molar-refractivity contribution in [2.75, 3.05) is 0 Å². The van der Waals surface area contributed by atoms with Crippen LogP contribution in [0.1, 0.15) is 36.9 Å². The first-order valence-electron chi connectivity index (χ1n) is 9.10. The molecule has 0 atom stereocenters. The Morgan fingerprint density at radius 3 is 2.48 bits per heavy atom. The van der Waals surface area contributed by atoms with Crippen molar-refractivity contribution in [3.63, 3.8) is 0 Å². The Kier molecular flexibility index (Phi) is 5.03. The Balaban J connectivity index is 1.47. The fourth-order valence-corrected chi connectivity index (χ4v) is 4.53. The van der Waals surface area contributed by atoms with Crippen molar-refractivity contribution in [1.82, 2.24) is 4.98 Å². The number of halogens is 1. The minimum atomic E-state index is -0.531. The molecule has 1 fully saturated rings. The van der Waals surface area contributed by atoms with E-state index in [1.807, 2.05) is 35.7 Å². The summed E-state index contributed by atoms with van der Waals surface area (Å²) in [4.78, 5) is 17.5. The van der Waals surface area contributed by atoms with Crippen LogP contribution in [0.3, 0.4) is 0 Å². The minimum Gasteiger partial charge on any atom is -0.458 e. The van der Waals surface area contributed by atoms with Gasteiger partial charge in [0.1, 0.15) is 17.4 Å². The molecule has 0 radical (unpaired) electrons. The van der Waals surface area contributed by atoms with Gasteiger partial charge in [0.2, 0.25) is 0 Å². The van der Waals surface area contributed by atoms with E-state index in [1.54, 1.807) is 12.1 Å². The lowest BCUT2D eigenvalue weighted by molar-refractivity contribution is -0.152. The van der Waals surface area contributed by atoms with E-state index in [0.29, 0.717) is 5.69 Å². The summed E-state index contributed by atoms with van der Waals surface area (Å²) in [6, 6.07) is 16.2. The maximum absolute atomic E-state index is 13.1. The third kappa shape index (κ3) is 3.65. The summed E-state index contributed by atoms with van der Waals surface area (Å²) in [5.74, 6) is -0.435. The second-order valence-corrected chi connectivity index (χ2v) is 7.74. The molecular formula is C22H20FNO2S. The highest BCUT2D eigenvalue weighted by atomic mass is 32.1. The molecule has 0 saturated heterocycles. The molecule has 3 nitrogen and oxygen atoms in total. The number of nitrogens with zero attached hydrogens (tertiary/aromatic N) is 1. The van der Waals surface area contributed by atoms with E-state index in [9.17, 15) is 9.18 Å². The van der Waals surface area contributed by atoms with Crippen molar-refractivity contribution in [2.24, 2.45) is 0 Å². The standard InChI is InChI=1S/C22H20FNO2S/c23-18-10-8-16(9-11-18)20-24-19(15-27-20)14-26-21(25)22(12-4-5-13-22)17-6-2-1-3-7-17/h1-3,6-11,15H,4-5,12-14H2. The van der Waals surface area contributed by atoms with Gasteiger partial charge in [0.15, 0.2) is 0 Å². The number of benzene rings is 2. The van der Waals surface area contributed by atoms with Crippen molar-refractivity contribution >= 4 is 17.3 Å². The van der Waals surface area contributed by atoms with Crippen molar-refractivity contribution in [2.45, 2.75) is 37.7 Å². The average molecular weight is 381 g/mol. The van der Waals surface area contributed by atoms with Gasteiger partial charge in [-0.1, -0.05) is 43.2 Å². The van der Waals surface area contributed by atoms with Crippen LogP contribution >= 0.6 is 11.3 Å². The number of esters is 1. The van der Waals surface area contributed by atoms with E-state index in [4.69, 9.17) is 4.74 Å². The maximum Gasteiger partial charge on any atom is 0.316 e.